The van der Waals surface area contributed by atoms with Crippen molar-refractivity contribution in [1.82, 2.24) is 10.3 Å². The first kappa shape index (κ1) is 16.9. The molecule has 0 spiro atoms. The van der Waals surface area contributed by atoms with Gasteiger partial charge >= 0.3 is 0 Å². The van der Waals surface area contributed by atoms with Gasteiger partial charge in [-0.05, 0) is 18.2 Å². The van der Waals surface area contributed by atoms with Gasteiger partial charge in [0.1, 0.15) is 18.1 Å². The summed E-state index contributed by atoms with van der Waals surface area (Å²) in [5, 5.41) is 3.22. The summed E-state index contributed by atoms with van der Waals surface area (Å²) in [5.74, 6) is 0.323. The number of pyridine rings is 1. The Kier molecular flexibility index (Phi) is 5.20. The predicted octanol–water partition coefficient (Wildman–Crippen LogP) is 3.13. The van der Waals surface area contributed by atoms with Crippen LogP contribution in [0.25, 0.3) is 0 Å². The van der Waals surface area contributed by atoms with Gasteiger partial charge in [-0.3, -0.25) is 9.59 Å². The number of furan rings is 1. The first-order valence-electron chi connectivity index (χ1n) is 7.53. The molecule has 0 aliphatic carbocycles. The lowest BCUT2D eigenvalue weighted by atomic mass is 10.2. The number of hydrogen-bond acceptors (Lipinski definition) is 4. The van der Waals surface area contributed by atoms with Crippen molar-refractivity contribution in [3.8, 4) is 5.75 Å². The van der Waals surface area contributed by atoms with E-state index in [-0.39, 0.29) is 24.6 Å². The zero-order valence-corrected chi connectivity index (χ0v) is 13.9. The quantitative estimate of drug-likeness (QED) is 0.709. The monoisotopic (exact) mass is 358 g/mol. The highest BCUT2D eigenvalue weighted by Crippen LogP contribution is 2.16. The second kappa shape index (κ2) is 7.72. The summed E-state index contributed by atoms with van der Waals surface area (Å²) in [6.07, 6.45) is 2.88. The van der Waals surface area contributed by atoms with Crippen molar-refractivity contribution < 1.29 is 13.9 Å². The Morgan fingerprint density at radius 3 is 2.80 bits per heavy atom. The van der Waals surface area contributed by atoms with Crippen LogP contribution in [0, 0.1) is 0 Å². The lowest BCUT2D eigenvalue weighted by Gasteiger charge is -2.08. The number of H-pyrrole nitrogens is 1. The van der Waals surface area contributed by atoms with Gasteiger partial charge in [-0.15, -0.1) is 0 Å². The number of ether oxygens (including phenoxy) is 1. The van der Waals surface area contributed by atoms with Crippen LogP contribution < -0.4 is 15.5 Å². The third-order valence-corrected chi connectivity index (χ3v) is 3.83. The minimum Gasteiger partial charge on any atom is -0.483 e. The fourth-order valence-electron chi connectivity index (χ4n) is 2.15. The predicted molar refractivity (Wildman–Crippen MR) is 92.7 cm³/mol. The fourth-order valence-corrected chi connectivity index (χ4v) is 2.34. The summed E-state index contributed by atoms with van der Waals surface area (Å²) >= 11 is 6.05. The number of carbonyl (C=O) groups is 1. The number of aromatic nitrogens is 1. The topological polar surface area (TPSA) is 84.3 Å². The molecule has 7 heteroatoms. The van der Waals surface area contributed by atoms with Crippen LogP contribution in [0.1, 0.15) is 21.8 Å². The van der Waals surface area contributed by atoms with Gasteiger partial charge in [-0.1, -0.05) is 29.8 Å². The molecule has 0 saturated heterocycles. The van der Waals surface area contributed by atoms with E-state index in [9.17, 15) is 9.59 Å². The molecule has 0 fully saturated rings. The van der Waals surface area contributed by atoms with E-state index < -0.39 is 11.3 Å². The first-order valence-corrected chi connectivity index (χ1v) is 7.91. The highest BCUT2D eigenvalue weighted by molar-refractivity contribution is 6.31. The highest BCUT2D eigenvalue weighted by Gasteiger charge is 2.10. The minimum absolute atomic E-state index is 0.113. The number of amides is 1. The Morgan fingerprint density at radius 1 is 1.24 bits per heavy atom. The summed E-state index contributed by atoms with van der Waals surface area (Å²) < 4.78 is 10.6. The van der Waals surface area contributed by atoms with E-state index in [0.717, 1.165) is 5.56 Å². The van der Waals surface area contributed by atoms with Crippen molar-refractivity contribution in [3.05, 3.63) is 87.2 Å². The maximum atomic E-state index is 12.1. The van der Waals surface area contributed by atoms with Gasteiger partial charge in [0.05, 0.1) is 12.8 Å². The van der Waals surface area contributed by atoms with Crippen molar-refractivity contribution in [3.63, 3.8) is 0 Å². The van der Waals surface area contributed by atoms with Crippen LogP contribution in [0.15, 0.2) is 64.1 Å². The molecule has 2 N–H and O–H groups in total. The standard InChI is InChI=1S/C18H15ClN2O4/c19-14-6-2-1-4-12(14)11-25-17-10-20-15(8-16(17)22)18(23)21-9-13-5-3-7-24-13/h1-8,10H,9,11H2,(H,20,22)(H,21,23). The Bertz CT molecular complexity index is 919. The van der Waals surface area contributed by atoms with Crippen molar-refractivity contribution in [2.45, 2.75) is 13.2 Å². The summed E-state index contributed by atoms with van der Waals surface area (Å²) in [4.78, 5) is 26.9. The number of hydrogen-bond donors (Lipinski definition) is 2. The van der Waals surface area contributed by atoms with Crippen molar-refractivity contribution >= 4 is 17.5 Å². The Hall–Kier alpha value is -2.99. The van der Waals surface area contributed by atoms with Crippen LogP contribution in [0.3, 0.4) is 0 Å². The number of aromatic amines is 1. The van der Waals surface area contributed by atoms with Gasteiger partial charge in [0.25, 0.3) is 5.91 Å². The van der Waals surface area contributed by atoms with Crippen molar-refractivity contribution in [1.29, 1.82) is 0 Å². The summed E-state index contributed by atoms with van der Waals surface area (Å²) in [7, 11) is 0. The molecule has 1 aromatic carbocycles. The smallest absolute Gasteiger partial charge is 0.268 e. The van der Waals surface area contributed by atoms with Gasteiger partial charge in [-0.25, -0.2) is 0 Å². The van der Waals surface area contributed by atoms with E-state index in [0.29, 0.717) is 10.8 Å². The Balaban J connectivity index is 1.63. The maximum Gasteiger partial charge on any atom is 0.268 e. The molecule has 1 amide bonds. The first-order chi connectivity index (χ1) is 12.1. The van der Waals surface area contributed by atoms with Crippen LogP contribution in [-0.4, -0.2) is 10.9 Å². The second-order valence-electron chi connectivity index (χ2n) is 5.22. The van der Waals surface area contributed by atoms with Crippen LogP contribution in [-0.2, 0) is 13.2 Å². The van der Waals surface area contributed by atoms with Crippen molar-refractivity contribution in [2.24, 2.45) is 0 Å². The van der Waals surface area contributed by atoms with E-state index in [1.54, 1.807) is 18.2 Å². The lowest BCUT2D eigenvalue weighted by molar-refractivity contribution is 0.0943. The zero-order chi connectivity index (χ0) is 17.6. The summed E-state index contributed by atoms with van der Waals surface area (Å²) in [6.45, 7) is 0.394. The number of halogens is 1. The van der Waals surface area contributed by atoms with E-state index in [2.05, 4.69) is 10.3 Å². The fraction of sp³-hybridized carbons (Fsp3) is 0.111. The zero-order valence-electron chi connectivity index (χ0n) is 13.1. The highest BCUT2D eigenvalue weighted by atomic mass is 35.5. The third-order valence-electron chi connectivity index (χ3n) is 3.47. The molecule has 3 aromatic rings. The molecule has 0 unspecified atom stereocenters. The number of benzene rings is 1. The average molecular weight is 359 g/mol. The number of rotatable bonds is 6. The van der Waals surface area contributed by atoms with Gasteiger partial charge < -0.3 is 19.5 Å². The molecule has 3 rings (SSSR count). The third kappa shape index (κ3) is 4.30. The van der Waals surface area contributed by atoms with Crippen LogP contribution in [0.2, 0.25) is 5.02 Å². The van der Waals surface area contributed by atoms with Crippen LogP contribution in [0.4, 0.5) is 0 Å². The average Bonchev–Trinajstić information content (AvgIpc) is 3.13. The van der Waals surface area contributed by atoms with E-state index >= 15 is 0 Å². The molecule has 0 saturated carbocycles. The maximum absolute atomic E-state index is 12.1. The van der Waals surface area contributed by atoms with E-state index in [1.165, 1.54) is 18.5 Å². The van der Waals surface area contributed by atoms with E-state index in [1.807, 2.05) is 18.2 Å². The van der Waals surface area contributed by atoms with Crippen molar-refractivity contribution in [2.75, 3.05) is 0 Å². The molecule has 6 nitrogen and oxygen atoms in total. The molecular weight excluding hydrogens is 344 g/mol. The summed E-state index contributed by atoms with van der Waals surface area (Å²) in [5.41, 5.74) is 0.513. The lowest BCUT2D eigenvalue weighted by Crippen LogP contribution is -2.25. The molecule has 0 aliphatic rings. The van der Waals surface area contributed by atoms with Gasteiger partial charge in [0, 0.05) is 22.8 Å². The molecular formula is C18H15ClN2O4. The molecule has 0 atom stereocenters. The van der Waals surface area contributed by atoms with Gasteiger partial charge in [0.15, 0.2) is 5.75 Å². The van der Waals surface area contributed by atoms with Gasteiger partial charge in [-0.2, -0.15) is 0 Å². The molecule has 0 radical (unpaired) electrons. The SMILES string of the molecule is O=C(NCc1ccco1)c1cc(=O)c(OCc2ccccc2Cl)c[nH]1. The molecule has 128 valence electrons. The Morgan fingerprint density at radius 2 is 2.08 bits per heavy atom. The number of nitrogens with one attached hydrogen (secondary N) is 2. The largest absolute Gasteiger partial charge is 0.483 e. The molecule has 0 bridgehead atoms. The van der Waals surface area contributed by atoms with Gasteiger partial charge in [0.2, 0.25) is 5.43 Å². The minimum atomic E-state index is -0.411. The molecule has 2 aromatic heterocycles. The summed E-state index contributed by atoms with van der Waals surface area (Å²) in [6, 6.07) is 11.9. The van der Waals surface area contributed by atoms with E-state index in [4.69, 9.17) is 20.8 Å². The Labute approximate surface area is 148 Å². The number of carbonyl (C=O) groups excluding carboxylic acids is 1. The normalized spacial score (nSPS) is 10.4. The van der Waals surface area contributed by atoms with Crippen LogP contribution in [0.5, 0.6) is 5.75 Å². The molecule has 25 heavy (non-hydrogen) atoms. The molecule has 2 heterocycles. The second-order valence-corrected chi connectivity index (χ2v) is 5.62. The van der Waals surface area contributed by atoms with Crippen LogP contribution >= 0.6 is 11.6 Å². The molecule has 0 aliphatic heterocycles.